The first-order chi connectivity index (χ1) is 10.2. The monoisotopic (exact) mass is 425 g/mol. The number of benzene rings is 1. The summed E-state index contributed by atoms with van der Waals surface area (Å²) in [5.74, 6) is -0.171. The molecule has 1 aliphatic heterocycles. The molecule has 0 bridgehead atoms. The van der Waals surface area contributed by atoms with Crippen LogP contribution in [0.5, 0.6) is 0 Å². The first-order valence-corrected chi connectivity index (χ1v) is 7.19. The van der Waals surface area contributed by atoms with E-state index in [0.717, 1.165) is 31.6 Å². The van der Waals surface area contributed by atoms with E-state index in [1.54, 1.807) is 7.05 Å². The molecule has 1 fully saturated rings. The molecule has 1 saturated heterocycles. The highest BCUT2D eigenvalue weighted by molar-refractivity contribution is 14.0. The van der Waals surface area contributed by atoms with Gasteiger partial charge in [-0.05, 0) is 43.0 Å². The third kappa shape index (κ3) is 6.04. The summed E-state index contributed by atoms with van der Waals surface area (Å²) >= 11 is 0. The van der Waals surface area contributed by atoms with Gasteiger partial charge in [0.2, 0.25) is 0 Å². The van der Waals surface area contributed by atoms with Crippen molar-refractivity contribution < 1.29 is 13.5 Å². The van der Waals surface area contributed by atoms with Crippen molar-refractivity contribution in [2.75, 3.05) is 26.7 Å². The molecule has 0 amide bonds. The second kappa shape index (κ2) is 9.94. The van der Waals surface area contributed by atoms with Gasteiger partial charge in [-0.25, -0.2) is 8.78 Å². The van der Waals surface area contributed by atoms with E-state index in [-0.39, 0.29) is 35.9 Å². The lowest BCUT2D eigenvalue weighted by Gasteiger charge is -2.15. The highest BCUT2D eigenvalue weighted by Crippen LogP contribution is 2.11. The molecule has 0 saturated carbocycles. The molecule has 2 rings (SSSR count). The molecule has 2 N–H and O–H groups in total. The van der Waals surface area contributed by atoms with E-state index in [0.29, 0.717) is 31.0 Å². The fraction of sp³-hybridized carbons (Fsp3) is 0.533. The number of ether oxygens (including phenoxy) is 1. The third-order valence-corrected chi connectivity index (χ3v) is 3.44. The van der Waals surface area contributed by atoms with E-state index >= 15 is 0 Å². The Morgan fingerprint density at radius 1 is 1.36 bits per heavy atom. The summed E-state index contributed by atoms with van der Waals surface area (Å²) in [6.45, 7) is 2.00. The highest BCUT2D eigenvalue weighted by Gasteiger charge is 2.15. The summed E-state index contributed by atoms with van der Waals surface area (Å²) < 4.78 is 32.0. The van der Waals surface area contributed by atoms with Crippen LogP contribution in [0.15, 0.2) is 23.2 Å². The van der Waals surface area contributed by atoms with Crippen LogP contribution in [0, 0.1) is 11.6 Å². The Labute approximate surface area is 146 Å². The van der Waals surface area contributed by atoms with Gasteiger partial charge >= 0.3 is 0 Å². The molecule has 0 aliphatic carbocycles. The third-order valence-electron chi connectivity index (χ3n) is 3.44. The molecule has 0 radical (unpaired) electrons. The molecule has 0 aromatic heterocycles. The van der Waals surface area contributed by atoms with Crippen molar-refractivity contribution in [1.82, 2.24) is 10.6 Å². The van der Waals surface area contributed by atoms with Crippen molar-refractivity contribution in [3.8, 4) is 0 Å². The topological polar surface area (TPSA) is 45.7 Å². The van der Waals surface area contributed by atoms with E-state index in [1.807, 2.05) is 0 Å². The van der Waals surface area contributed by atoms with Crippen molar-refractivity contribution in [1.29, 1.82) is 0 Å². The Kier molecular flexibility index (Phi) is 8.62. The summed E-state index contributed by atoms with van der Waals surface area (Å²) in [5, 5.41) is 6.25. The van der Waals surface area contributed by atoms with Crippen LogP contribution in [0.25, 0.3) is 0 Å². The molecule has 1 unspecified atom stereocenters. The molecule has 1 aliphatic rings. The molecule has 124 valence electrons. The van der Waals surface area contributed by atoms with Crippen molar-refractivity contribution >= 4 is 29.9 Å². The van der Waals surface area contributed by atoms with Gasteiger partial charge < -0.3 is 15.4 Å². The van der Waals surface area contributed by atoms with Gasteiger partial charge in [-0.15, -0.1) is 24.0 Å². The first-order valence-electron chi connectivity index (χ1n) is 7.19. The van der Waals surface area contributed by atoms with Gasteiger partial charge in [-0.3, -0.25) is 4.99 Å². The number of rotatable bonds is 5. The van der Waals surface area contributed by atoms with E-state index in [2.05, 4.69) is 15.6 Å². The molecule has 1 aromatic rings. The zero-order valence-corrected chi connectivity index (χ0v) is 14.9. The molecule has 22 heavy (non-hydrogen) atoms. The maximum Gasteiger partial charge on any atom is 0.191 e. The van der Waals surface area contributed by atoms with E-state index in [4.69, 9.17) is 4.74 Å². The minimum Gasteiger partial charge on any atom is -0.376 e. The van der Waals surface area contributed by atoms with E-state index < -0.39 is 5.82 Å². The average Bonchev–Trinajstić information content (AvgIpc) is 2.99. The quantitative estimate of drug-likeness (QED) is 0.433. The van der Waals surface area contributed by atoms with E-state index in [1.165, 1.54) is 6.07 Å². The smallest absolute Gasteiger partial charge is 0.191 e. The summed E-state index contributed by atoms with van der Waals surface area (Å²) in [4.78, 5) is 4.09. The molecule has 0 spiro atoms. The fourth-order valence-corrected chi connectivity index (χ4v) is 2.29. The standard InChI is InChI=1S/C15H21F2N3O.HI/c1-18-15(20-10-13-3-2-8-21-13)19-7-6-11-9-12(16)4-5-14(11)17;/h4-5,9,13H,2-3,6-8,10H2,1H3,(H2,18,19,20);1H. The zero-order chi connectivity index (χ0) is 15.1. The van der Waals surface area contributed by atoms with Crippen molar-refractivity contribution in [2.24, 2.45) is 4.99 Å². The number of nitrogens with one attached hydrogen (secondary N) is 2. The van der Waals surface area contributed by atoms with Crippen molar-refractivity contribution in [3.63, 3.8) is 0 Å². The number of hydrogen-bond acceptors (Lipinski definition) is 2. The Morgan fingerprint density at radius 2 is 2.18 bits per heavy atom. The van der Waals surface area contributed by atoms with Crippen molar-refractivity contribution in [2.45, 2.75) is 25.4 Å². The average molecular weight is 425 g/mol. The lowest BCUT2D eigenvalue weighted by Crippen LogP contribution is -2.41. The zero-order valence-electron chi connectivity index (χ0n) is 12.6. The fourth-order valence-electron chi connectivity index (χ4n) is 2.29. The minimum atomic E-state index is -0.424. The number of hydrogen-bond donors (Lipinski definition) is 2. The predicted octanol–water partition coefficient (Wildman–Crippen LogP) is 2.47. The van der Waals surface area contributed by atoms with Crippen molar-refractivity contribution in [3.05, 3.63) is 35.4 Å². The Bertz CT molecular complexity index is 494. The van der Waals surface area contributed by atoms with Crippen LogP contribution >= 0.6 is 24.0 Å². The normalized spacial score (nSPS) is 18.0. The molecule has 7 heteroatoms. The Hall–Kier alpha value is -0.960. The van der Waals surface area contributed by atoms with Gasteiger partial charge in [0.1, 0.15) is 11.6 Å². The second-order valence-electron chi connectivity index (χ2n) is 5.00. The van der Waals surface area contributed by atoms with Crippen LogP contribution in [0.4, 0.5) is 8.78 Å². The largest absolute Gasteiger partial charge is 0.376 e. The Balaban J connectivity index is 0.00000242. The number of nitrogens with zero attached hydrogens (tertiary/aromatic N) is 1. The second-order valence-corrected chi connectivity index (χ2v) is 5.00. The van der Waals surface area contributed by atoms with Crippen LogP contribution in [-0.2, 0) is 11.2 Å². The number of aliphatic imine (C=N–C) groups is 1. The molecule has 1 aromatic carbocycles. The summed E-state index contributed by atoms with van der Waals surface area (Å²) in [6, 6.07) is 3.49. The molecular weight excluding hydrogens is 403 g/mol. The van der Waals surface area contributed by atoms with Gasteiger partial charge in [0.25, 0.3) is 0 Å². The summed E-state index contributed by atoms with van der Waals surface area (Å²) in [5.41, 5.74) is 0.358. The van der Waals surface area contributed by atoms with Crippen LogP contribution in [0.2, 0.25) is 0 Å². The Morgan fingerprint density at radius 3 is 2.86 bits per heavy atom. The first kappa shape index (κ1) is 19.1. The maximum atomic E-state index is 13.5. The molecule has 1 heterocycles. The highest BCUT2D eigenvalue weighted by atomic mass is 127. The predicted molar refractivity (Wildman–Crippen MR) is 93.8 cm³/mol. The summed E-state index contributed by atoms with van der Waals surface area (Å²) in [6.07, 6.45) is 2.77. The van der Waals surface area contributed by atoms with E-state index in [9.17, 15) is 8.78 Å². The number of halogens is 3. The lowest BCUT2D eigenvalue weighted by molar-refractivity contribution is 0.114. The molecule has 4 nitrogen and oxygen atoms in total. The van der Waals surface area contributed by atoms with Crippen LogP contribution in [0.1, 0.15) is 18.4 Å². The molecular formula is C15H22F2IN3O. The van der Waals surface area contributed by atoms with Crippen LogP contribution in [-0.4, -0.2) is 38.8 Å². The molecule has 1 atom stereocenters. The maximum absolute atomic E-state index is 13.5. The van der Waals surface area contributed by atoms with Gasteiger partial charge in [0, 0.05) is 26.7 Å². The summed E-state index contributed by atoms with van der Waals surface area (Å²) in [7, 11) is 1.67. The lowest BCUT2D eigenvalue weighted by atomic mass is 10.1. The van der Waals surface area contributed by atoms with Gasteiger partial charge in [0.05, 0.1) is 6.10 Å². The minimum absolute atomic E-state index is 0. The van der Waals surface area contributed by atoms with Crippen LogP contribution < -0.4 is 10.6 Å². The van der Waals surface area contributed by atoms with Gasteiger partial charge in [0.15, 0.2) is 5.96 Å². The number of guanidine groups is 1. The van der Waals surface area contributed by atoms with Crippen LogP contribution in [0.3, 0.4) is 0 Å². The van der Waals surface area contributed by atoms with Gasteiger partial charge in [-0.2, -0.15) is 0 Å². The SMILES string of the molecule is CN=C(NCCc1cc(F)ccc1F)NCC1CCCO1.I. The van der Waals surface area contributed by atoms with Gasteiger partial charge in [-0.1, -0.05) is 0 Å².